The van der Waals surface area contributed by atoms with Crippen LogP contribution in [0.3, 0.4) is 0 Å². The van der Waals surface area contributed by atoms with Gasteiger partial charge in [0.15, 0.2) is 11.4 Å². The van der Waals surface area contributed by atoms with E-state index in [1.807, 2.05) is 12.1 Å². The summed E-state index contributed by atoms with van der Waals surface area (Å²) in [6.07, 6.45) is -4.37. The lowest BCUT2D eigenvalue weighted by atomic mass is 10.1. The molecule has 0 spiro atoms. The lowest BCUT2D eigenvalue weighted by molar-refractivity contribution is -0.137. The fourth-order valence-corrected chi connectivity index (χ4v) is 4.42. The molecule has 4 heterocycles. The molecule has 0 amide bonds. The number of morpholine rings is 2. The molecule has 2 aromatic heterocycles. The number of hydrogen-bond acceptors (Lipinski definition) is 10. The lowest BCUT2D eigenvalue weighted by Gasteiger charge is -2.30. The van der Waals surface area contributed by atoms with Crippen LogP contribution in [0, 0.1) is 0 Å². The Morgan fingerprint density at radius 2 is 1.38 bits per heavy atom. The summed E-state index contributed by atoms with van der Waals surface area (Å²) in [5, 5.41) is 3.03. The van der Waals surface area contributed by atoms with Crippen LogP contribution in [0.2, 0.25) is 0 Å². The Kier molecular flexibility index (Phi) is 6.92. The van der Waals surface area contributed by atoms with Crippen molar-refractivity contribution in [3.05, 3.63) is 53.6 Å². The molecule has 0 bridgehead atoms. The van der Waals surface area contributed by atoms with Gasteiger partial charge in [0.05, 0.1) is 32.0 Å². The Balaban J connectivity index is 1.24. The van der Waals surface area contributed by atoms with Gasteiger partial charge in [0.2, 0.25) is 11.9 Å². The Bertz CT molecular complexity index is 1400. The summed E-state index contributed by atoms with van der Waals surface area (Å²) < 4.78 is 55.2. The van der Waals surface area contributed by atoms with Gasteiger partial charge < -0.3 is 29.0 Å². The molecule has 2 fully saturated rings. The summed E-state index contributed by atoms with van der Waals surface area (Å²) in [4.78, 5) is 23.0. The molecule has 39 heavy (non-hydrogen) atoms. The summed E-state index contributed by atoms with van der Waals surface area (Å²) in [5.41, 5.74) is 1.90. The molecule has 0 saturated carbocycles. The minimum absolute atomic E-state index is 0.261. The zero-order chi connectivity index (χ0) is 26.8. The minimum atomic E-state index is -4.37. The second kappa shape index (κ2) is 10.7. The number of anilines is 3. The summed E-state index contributed by atoms with van der Waals surface area (Å²) in [6.45, 7) is 5.50. The van der Waals surface area contributed by atoms with E-state index in [-0.39, 0.29) is 12.6 Å². The zero-order valence-corrected chi connectivity index (χ0v) is 20.9. The van der Waals surface area contributed by atoms with Crippen LogP contribution < -0.4 is 15.1 Å². The number of ether oxygens (including phenoxy) is 2. The van der Waals surface area contributed by atoms with Gasteiger partial charge in [-0.3, -0.25) is 0 Å². The molecule has 6 rings (SSSR count). The van der Waals surface area contributed by atoms with Gasteiger partial charge in [-0.05, 0) is 35.9 Å². The predicted octanol–water partition coefficient (Wildman–Crippen LogP) is 3.98. The smallest absolute Gasteiger partial charge is 0.416 e. The summed E-state index contributed by atoms with van der Waals surface area (Å²) >= 11 is 0. The van der Waals surface area contributed by atoms with E-state index in [0.717, 1.165) is 17.7 Å². The summed E-state index contributed by atoms with van der Waals surface area (Å²) in [7, 11) is 0. The van der Waals surface area contributed by atoms with Gasteiger partial charge in [0, 0.05) is 38.3 Å². The summed E-state index contributed by atoms with van der Waals surface area (Å²) in [6, 6.07) is 10.7. The van der Waals surface area contributed by atoms with Crippen molar-refractivity contribution in [3.8, 4) is 11.4 Å². The second-order valence-electron chi connectivity index (χ2n) is 9.21. The van der Waals surface area contributed by atoms with Crippen molar-refractivity contribution in [2.75, 3.05) is 67.7 Å². The van der Waals surface area contributed by atoms with Crippen molar-refractivity contribution in [1.29, 1.82) is 0 Å². The number of aromatic nitrogens is 4. The van der Waals surface area contributed by atoms with Crippen molar-refractivity contribution in [1.82, 2.24) is 19.9 Å². The molecule has 2 saturated heterocycles. The van der Waals surface area contributed by atoms with Gasteiger partial charge in [0.25, 0.3) is 6.01 Å². The highest BCUT2D eigenvalue weighted by Crippen LogP contribution is 2.30. The van der Waals surface area contributed by atoms with Crippen molar-refractivity contribution in [2.45, 2.75) is 12.7 Å². The highest BCUT2D eigenvalue weighted by atomic mass is 19.4. The van der Waals surface area contributed by atoms with Crippen LogP contribution in [0.4, 0.5) is 31.1 Å². The number of nitrogens with zero attached hydrogens (tertiary/aromatic N) is 6. The van der Waals surface area contributed by atoms with Crippen LogP contribution in [0.5, 0.6) is 0 Å². The van der Waals surface area contributed by atoms with E-state index in [0.29, 0.717) is 87.0 Å². The second-order valence-corrected chi connectivity index (χ2v) is 9.21. The third kappa shape index (κ3) is 5.73. The molecule has 204 valence electrons. The van der Waals surface area contributed by atoms with Crippen LogP contribution in [-0.4, -0.2) is 72.5 Å². The first kappa shape index (κ1) is 25.3. The maximum atomic E-state index is 12.8. The number of halogens is 3. The van der Waals surface area contributed by atoms with E-state index in [1.54, 1.807) is 6.07 Å². The predicted molar refractivity (Wildman–Crippen MR) is 138 cm³/mol. The maximum Gasteiger partial charge on any atom is 0.416 e. The number of oxazole rings is 1. The number of rotatable bonds is 6. The highest BCUT2D eigenvalue weighted by Gasteiger charge is 2.30. The third-order valence-corrected chi connectivity index (χ3v) is 6.57. The molecule has 2 aliphatic heterocycles. The van der Waals surface area contributed by atoms with Gasteiger partial charge in [-0.2, -0.15) is 33.1 Å². The Hall–Kier alpha value is -3.97. The van der Waals surface area contributed by atoms with Crippen molar-refractivity contribution < 1.29 is 27.1 Å². The molecule has 10 nitrogen and oxygen atoms in total. The molecule has 0 radical (unpaired) electrons. The Labute approximate surface area is 221 Å². The van der Waals surface area contributed by atoms with Gasteiger partial charge in [-0.15, -0.1) is 0 Å². The quantitative estimate of drug-likeness (QED) is 0.386. The monoisotopic (exact) mass is 541 g/mol. The van der Waals surface area contributed by atoms with Crippen molar-refractivity contribution in [3.63, 3.8) is 0 Å². The molecule has 0 unspecified atom stereocenters. The van der Waals surface area contributed by atoms with E-state index < -0.39 is 11.7 Å². The molecular formula is C26H26F3N7O3. The van der Waals surface area contributed by atoms with Crippen LogP contribution in [0.25, 0.3) is 22.5 Å². The third-order valence-electron chi connectivity index (χ3n) is 6.57. The van der Waals surface area contributed by atoms with E-state index >= 15 is 0 Å². The van der Waals surface area contributed by atoms with Gasteiger partial charge in [-0.1, -0.05) is 12.1 Å². The van der Waals surface area contributed by atoms with Crippen molar-refractivity contribution in [2.24, 2.45) is 0 Å². The molecule has 4 aromatic rings. The SMILES string of the molecule is FC(F)(F)c1ccc(CNc2nc3cc(-c4nc(N5CCOCC5)nc(N5CCOCC5)n4)ccc3o2)cc1. The molecule has 0 aliphatic carbocycles. The Morgan fingerprint density at radius 1 is 0.769 bits per heavy atom. The Morgan fingerprint density at radius 3 is 1.97 bits per heavy atom. The van der Waals surface area contributed by atoms with E-state index in [1.165, 1.54) is 12.1 Å². The van der Waals surface area contributed by atoms with Crippen LogP contribution in [0.15, 0.2) is 46.9 Å². The highest BCUT2D eigenvalue weighted by molar-refractivity contribution is 5.80. The first-order valence-corrected chi connectivity index (χ1v) is 12.6. The summed E-state index contributed by atoms with van der Waals surface area (Å²) in [5.74, 6) is 1.73. The average Bonchev–Trinajstić information content (AvgIpc) is 3.39. The molecule has 0 atom stereocenters. The number of alkyl halides is 3. The molecule has 13 heteroatoms. The average molecular weight is 542 g/mol. The first-order valence-electron chi connectivity index (χ1n) is 12.6. The van der Waals surface area contributed by atoms with Gasteiger partial charge in [-0.25, -0.2) is 0 Å². The molecule has 1 N–H and O–H groups in total. The number of hydrogen-bond donors (Lipinski definition) is 1. The molecule has 2 aromatic carbocycles. The van der Waals surface area contributed by atoms with Crippen LogP contribution >= 0.6 is 0 Å². The van der Waals surface area contributed by atoms with E-state index in [4.69, 9.17) is 28.8 Å². The lowest BCUT2D eigenvalue weighted by Crippen LogP contribution is -2.40. The number of fused-ring (bicyclic) bond motifs is 1. The molecular weight excluding hydrogens is 515 g/mol. The minimum Gasteiger partial charge on any atom is -0.424 e. The van der Waals surface area contributed by atoms with Gasteiger partial charge >= 0.3 is 6.18 Å². The van der Waals surface area contributed by atoms with Crippen LogP contribution in [0.1, 0.15) is 11.1 Å². The molecule has 2 aliphatic rings. The fourth-order valence-electron chi connectivity index (χ4n) is 4.42. The van der Waals surface area contributed by atoms with Gasteiger partial charge in [0.1, 0.15) is 5.52 Å². The first-order chi connectivity index (χ1) is 18.9. The van der Waals surface area contributed by atoms with E-state index in [9.17, 15) is 13.2 Å². The normalized spacial score (nSPS) is 16.6. The fraction of sp³-hybridized carbons (Fsp3) is 0.385. The van der Waals surface area contributed by atoms with Crippen molar-refractivity contribution >= 4 is 29.0 Å². The topological polar surface area (TPSA) is 102 Å². The van der Waals surface area contributed by atoms with Crippen LogP contribution in [-0.2, 0) is 22.2 Å². The number of benzene rings is 2. The van der Waals surface area contributed by atoms with E-state index in [2.05, 4.69) is 20.1 Å². The maximum absolute atomic E-state index is 12.8. The zero-order valence-electron chi connectivity index (χ0n) is 20.9. The number of nitrogens with one attached hydrogen (secondary N) is 1. The standard InChI is InChI=1S/C26H26F3N7O3/c27-26(28,29)19-4-1-17(2-5-19)16-30-25-31-20-15-18(3-6-21(20)39-25)22-32-23(35-7-11-37-12-8-35)34-24(33-22)36-9-13-38-14-10-36/h1-6,15H,7-14,16H2,(H,30,31). The largest absolute Gasteiger partial charge is 0.424 e.